The van der Waals surface area contributed by atoms with Crippen LogP contribution in [0.2, 0.25) is 0 Å². The number of aliphatic carboxylic acids is 1. The van der Waals surface area contributed by atoms with Crippen molar-refractivity contribution >= 4 is 17.5 Å². The van der Waals surface area contributed by atoms with Crippen LogP contribution in [0.5, 0.6) is 0 Å². The lowest BCUT2D eigenvalue weighted by Crippen LogP contribution is -2.04. The van der Waals surface area contributed by atoms with E-state index in [4.69, 9.17) is 5.11 Å². The van der Waals surface area contributed by atoms with E-state index in [9.17, 15) is 14.4 Å². The third-order valence-electron chi connectivity index (χ3n) is 3.84. The number of hydrogen-bond acceptors (Lipinski definition) is 3. The van der Waals surface area contributed by atoms with Gasteiger partial charge >= 0.3 is 5.97 Å². The highest BCUT2D eigenvalue weighted by molar-refractivity contribution is 5.85. The first-order chi connectivity index (χ1) is 10.6. The first kappa shape index (κ1) is 20.8. The third-order valence-corrected chi connectivity index (χ3v) is 3.84. The van der Waals surface area contributed by atoms with Gasteiger partial charge in [-0.15, -0.1) is 0 Å². The summed E-state index contributed by atoms with van der Waals surface area (Å²) in [7, 11) is 0. The first-order valence-corrected chi connectivity index (χ1v) is 8.81. The normalized spacial score (nSPS) is 10.6. The fourth-order valence-electron chi connectivity index (χ4n) is 2.41. The Morgan fingerprint density at radius 2 is 1.00 bits per heavy atom. The average Bonchev–Trinajstić information content (AvgIpc) is 2.48. The Morgan fingerprint density at radius 3 is 1.45 bits per heavy atom. The molecule has 4 heteroatoms. The number of Topliss-reactive ketones (excluding diaryl/α,β-unsaturated/α-hetero) is 2. The third kappa shape index (κ3) is 15.2. The van der Waals surface area contributed by atoms with Gasteiger partial charge in [-0.3, -0.25) is 14.4 Å². The number of ketones is 2. The van der Waals surface area contributed by atoms with Crippen molar-refractivity contribution in [3.63, 3.8) is 0 Å². The summed E-state index contributed by atoms with van der Waals surface area (Å²) in [5, 5.41) is 8.50. The van der Waals surface area contributed by atoms with Crippen LogP contribution in [0.15, 0.2) is 0 Å². The van der Waals surface area contributed by atoms with Gasteiger partial charge in [0.1, 0.15) is 11.6 Å². The molecule has 0 saturated carbocycles. The van der Waals surface area contributed by atoms with Crippen molar-refractivity contribution in [2.75, 3.05) is 0 Å². The maximum Gasteiger partial charge on any atom is 0.303 e. The molecular formula is C18H32O4. The molecule has 22 heavy (non-hydrogen) atoms. The Kier molecular flexibility index (Phi) is 13.9. The largest absolute Gasteiger partial charge is 0.481 e. The molecule has 0 rings (SSSR count). The zero-order chi connectivity index (χ0) is 16.6. The molecule has 0 aliphatic carbocycles. The minimum absolute atomic E-state index is 0.187. The quantitative estimate of drug-likeness (QED) is 0.420. The molecule has 4 nitrogen and oxygen atoms in total. The van der Waals surface area contributed by atoms with E-state index in [2.05, 4.69) is 6.92 Å². The van der Waals surface area contributed by atoms with Crippen LogP contribution >= 0.6 is 0 Å². The summed E-state index contributed by atoms with van der Waals surface area (Å²) in [4.78, 5) is 33.6. The van der Waals surface area contributed by atoms with Gasteiger partial charge in [0.15, 0.2) is 0 Å². The lowest BCUT2D eigenvalue weighted by atomic mass is 10.0. The summed E-state index contributed by atoms with van der Waals surface area (Å²) >= 11 is 0. The summed E-state index contributed by atoms with van der Waals surface area (Å²) in [6, 6.07) is 0. The SMILES string of the molecule is CCCCCCC(=O)CCC(=O)CCCCCCCC(=O)O. The Bertz CT molecular complexity index is 323. The number of hydrogen-bond donors (Lipinski definition) is 1. The molecule has 0 heterocycles. The van der Waals surface area contributed by atoms with Crippen molar-refractivity contribution in [2.45, 2.75) is 96.8 Å². The van der Waals surface area contributed by atoms with Crippen LogP contribution in [0.25, 0.3) is 0 Å². The standard InChI is InChI=1S/C18H32O4/c1-2-3-4-8-11-16(19)14-15-17(20)12-9-6-5-7-10-13-18(21)22/h2-15H2,1H3,(H,21,22). The van der Waals surface area contributed by atoms with Gasteiger partial charge in [-0.05, 0) is 19.3 Å². The fourth-order valence-corrected chi connectivity index (χ4v) is 2.41. The number of carboxylic acid groups (broad SMARTS) is 1. The van der Waals surface area contributed by atoms with Gasteiger partial charge in [-0.1, -0.05) is 45.4 Å². The van der Waals surface area contributed by atoms with Crippen LogP contribution in [0.1, 0.15) is 96.8 Å². The van der Waals surface area contributed by atoms with E-state index in [0.717, 1.165) is 44.9 Å². The van der Waals surface area contributed by atoms with E-state index < -0.39 is 5.97 Å². The lowest BCUT2D eigenvalue weighted by molar-refractivity contribution is -0.137. The van der Waals surface area contributed by atoms with Gasteiger partial charge in [-0.25, -0.2) is 0 Å². The summed E-state index contributed by atoms with van der Waals surface area (Å²) in [5.74, 6) is -0.333. The van der Waals surface area contributed by atoms with Crippen LogP contribution in [-0.4, -0.2) is 22.6 Å². The van der Waals surface area contributed by atoms with Crippen LogP contribution in [0.3, 0.4) is 0 Å². The molecule has 0 amide bonds. The van der Waals surface area contributed by atoms with Crippen molar-refractivity contribution in [3.05, 3.63) is 0 Å². The minimum atomic E-state index is -0.741. The van der Waals surface area contributed by atoms with Crippen molar-refractivity contribution < 1.29 is 19.5 Å². The molecule has 0 unspecified atom stereocenters. The van der Waals surface area contributed by atoms with Gasteiger partial charge in [0, 0.05) is 32.1 Å². The van der Waals surface area contributed by atoms with Gasteiger partial charge in [0.25, 0.3) is 0 Å². The van der Waals surface area contributed by atoms with Crippen LogP contribution < -0.4 is 0 Å². The molecule has 1 N–H and O–H groups in total. The van der Waals surface area contributed by atoms with E-state index >= 15 is 0 Å². The maximum absolute atomic E-state index is 11.7. The topological polar surface area (TPSA) is 71.4 Å². The molecule has 0 radical (unpaired) electrons. The number of carboxylic acids is 1. The summed E-state index contributed by atoms with van der Waals surface area (Å²) in [5.41, 5.74) is 0. The van der Waals surface area contributed by atoms with Crippen LogP contribution in [0.4, 0.5) is 0 Å². The Labute approximate surface area is 134 Å². The molecule has 0 aromatic rings. The predicted octanol–water partition coefficient (Wildman–Crippen LogP) is 4.69. The van der Waals surface area contributed by atoms with Crippen molar-refractivity contribution in [2.24, 2.45) is 0 Å². The van der Waals surface area contributed by atoms with E-state index in [-0.39, 0.29) is 18.0 Å². The van der Waals surface area contributed by atoms with Gasteiger partial charge in [0.2, 0.25) is 0 Å². The van der Waals surface area contributed by atoms with E-state index in [0.29, 0.717) is 25.7 Å². The molecule has 0 aliphatic heterocycles. The number of unbranched alkanes of at least 4 members (excludes halogenated alkanes) is 7. The lowest BCUT2D eigenvalue weighted by Gasteiger charge is -2.02. The Hall–Kier alpha value is -1.19. The number of rotatable bonds is 16. The smallest absolute Gasteiger partial charge is 0.303 e. The molecule has 0 fully saturated rings. The zero-order valence-electron chi connectivity index (χ0n) is 14.1. The Morgan fingerprint density at radius 1 is 0.591 bits per heavy atom. The second-order valence-corrected chi connectivity index (χ2v) is 6.05. The van der Waals surface area contributed by atoms with Crippen LogP contribution in [0, 0.1) is 0 Å². The van der Waals surface area contributed by atoms with E-state index in [1.165, 1.54) is 12.8 Å². The molecule has 0 saturated heterocycles. The van der Waals surface area contributed by atoms with Gasteiger partial charge < -0.3 is 5.11 Å². The molecular weight excluding hydrogens is 280 g/mol. The van der Waals surface area contributed by atoms with Crippen molar-refractivity contribution in [1.82, 2.24) is 0 Å². The highest BCUT2D eigenvalue weighted by Crippen LogP contribution is 2.10. The predicted molar refractivity (Wildman–Crippen MR) is 88.0 cm³/mol. The van der Waals surface area contributed by atoms with E-state index in [1.54, 1.807) is 0 Å². The zero-order valence-corrected chi connectivity index (χ0v) is 14.1. The minimum Gasteiger partial charge on any atom is -0.481 e. The molecule has 0 bridgehead atoms. The van der Waals surface area contributed by atoms with Gasteiger partial charge in [-0.2, -0.15) is 0 Å². The molecule has 0 aromatic heterocycles. The van der Waals surface area contributed by atoms with Crippen molar-refractivity contribution in [1.29, 1.82) is 0 Å². The highest BCUT2D eigenvalue weighted by atomic mass is 16.4. The van der Waals surface area contributed by atoms with Crippen LogP contribution in [-0.2, 0) is 14.4 Å². The first-order valence-electron chi connectivity index (χ1n) is 8.81. The summed E-state index contributed by atoms with van der Waals surface area (Å²) < 4.78 is 0. The summed E-state index contributed by atoms with van der Waals surface area (Å²) in [6.07, 6.45) is 11.1. The second-order valence-electron chi connectivity index (χ2n) is 6.05. The Balaban J connectivity index is 3.38. The fraction of sp³-hybridized carbons (Fsp3) is 0.833. The molecule has 0 atom stereocenters. The molecule has 128 valence electrons. The molecule has 0 spiro atoms. The number of carbonyl (C=O) groups is 3. The van der Waals surface area contributed by atoms with E-state index in [1.807, 2.05) is 0 Å². The average molecular weight is 312 g/mol. The molecule has 0 aromatic carbocycles. The number of carbonyl (C=O) groups excluding carboxylic acids is 2. The second kappa shape index (κ2) is 14.7. The monoisotopic (exact) mass is 312 g/mol. The van der Waals surface area contributed by atoms with Crippen molar-refractivity contribution in [3.8, 4) is 0 Å². The maximum atomic E-state index is 11.7. The summed E-state index contributed by atoms with van der Waals surface area (Å²) in [6.45, 7) is 2.15. The van der Waals surface area contributed by atoms with Gasteiger partial charge in [0.05, 0.1) is 0 Å². The molecule has 0 aliphatic rings. The highest BCUT2D eigenvalue weighted by Gasteiger charge is 2.07.